The summed E-state index contributed by atoms with van der Waals surface area (Å²) in [5.74, 6) is 0.487. The highest BCUT2D eigenvalue weighted by Gasteiger charge is 2.28. The number of carbonyl (C=O) groups excluding carboxylic acids is 1. The summed E-state index contributed by atoms with van der Waals surface area (Å²) >= 11 is 0. The summed E-state index contributed by atoms with van der Waals surface area (Å²) in [5, 5.41) is 0. The number of ether oxygens (including phenoxy) is 1. The Kier molecular flexibility index (Phi) is 7.07. The molecule has 3 heterocycles. The minimum atomic E-state index is -0.0269. The molecule has 160 valence electrons. The van der Waals surface area contributed by atoms with E-state index in [-0.39, 0.29) is 12.0 Å². The van der Waals surface area contributed by atoms with E-state index < -0.39 is 0 Å². The third-order valence-electron chi connectivity index (χ3n) is 6.36. The number of likely N-dealkylation sites (tertiary alicyclic amines) is 1. The zero-order valence-corrected chi connectivity index (χ0v) is 17.9. The van der Waals surface area contributed by atoms with Crippen molar-refractivity contribution in [2.45, 2.75) is 45.3 Å². The average Bonchev–Trinajstić information content (AvgIpc) is 3.29. The lowest BCUT2D eigenvalue weighted by Gasteiger charge is -2.35. The number of benzene rings is 1. The van der Waals surface area contributed by atoms with Crippen LogP contribution in [-0.2, 0) is 11.3 Å². The predicted octanol–water partition coefficient (Wildman–Crippen LogP) is 3.32. The highest BCUT2D eigenvalue weighted by Crippen LogP contribution is 2.23. The molecule has 1 amide bonds. The Bertz CT molecular complexity index is 815. The van der Waals surface area contributed by atoms with E-state index in [2.05, 4.69) is 46.1 Å². The van der Waals surface area contributed by atoms with Crippen molar-refractivity contribution in [1.29, 1.82) is 0 Å². The largest absolute Gasteiger partial charge is 0.376 e. The van der Waals surface area contributed by atoms with Gasteiger partial charge in [-0.3, -0.25) is 14.7 Å². The van der Waals surface area contributed by atoms with Crippen molar-refractivity contribution in [3.8, 4) is 0 Å². The van der Waals surface area contributed by atoms with E-state index in [1.807, 2.05) is 4.90 Å². The van der Waals surface area contributed by atoms with E-state index in [4.69, 9.17) is 4.74 Å². The van der Waals surface area contributed by atoms with Crippen LogP contribution in [-0.4, -0.2) is 64.6 Å². The van der Waals surface area contributed by atoms with Crippen LogP contribution in [0.25, 0.3) is 0 Å². The monoisotopic (exact) mass is 408 g/mol. The second kappa shape index (κ2) is 10.1. The van der Waals surface area contributed by atoms with Crippen molar-refractivity contribution >= 4 is 5.91 Å². The van der Waals surface area contributed by atoms with Gasteiger partial charge in [0.2, 0.25) is 0 Å². The van der Waals surface area contributed by atoms with Crippen molar-refractivity contribution in [2.24, 2.45) is 5.92 Å². The molecule has 30 heavy (non-hydrogen) atoms. The van der Waals surface area contributed by atoms with Gasteiger partial charge in [-0.15, -0.1) is 0 Å². The minimum Gasteiger partial charge on any atom is -0.376 e. The molecule has 0 unspecified atom stereocenters. The maximum absolute atomic E-state index is 13.1. The Morgan fingerprint density at radius 1 is 1.17 bits per heavy atom. The highest BCUT2D eigenvalue weighted by molar-refractivity contribution is 5.92. The topological polar surface area (TPSA) is 58.6 Å². The van der Waals surface area contributed by atoms with Gasteiger partial charge in [0.15, 0.2) is 0 Å². The van der Waals surface area contributed by atoms with Crippen molar-refractivity contribution < 1.29 is 9.53 Å². The molecule has 6 nitrogen and oxygen atoms in total. The Morgan fingerprint density at radius 2 is 2.00 bits per heavy atom. The van der Waals surface area contributed by atoms with Crippen LogP contribution in [0.3, 0.4) is 0 Å². The zero-order chi connectivity index (χ0) is 20.8. The number of aromatic nitrogens is 2. The molecule has 1 atom stereocenters. The Morgan fingerprint density at radius 3 is 2.70 bits per heavy atom. The van der Waals surface area contributed by atoms with Gasteiger partial charge in [0, 0.05) is 38.6 Å². The third-order valence-corrected chi connectivity index (χ3v) is 6.36. The van der Waals surface area contributed by atoms with Crippen LogP contribution in [0.4, 0.5) is 0 Å². The molecular formula is C24H32N4O2. The summed E-state index contributed by atoms with van der Waals surface area (Å²) < 4.78 is 5.82. The number of rotatable bonds is 7. The first-order valence-electron chi connectivity index (χ1n) is 11.1. The Hall–Kier alpha value is -2.31. The molecule has 0 N–H and O–H groups in total. The van der Waals surface area contributed by atoms with Gasteiger partial charge in [-0.2, -0.15) is 0 Å². The van der Waals surface area contributed by atoms with Gasteiger partial charge >= 0.3 is 0 Å². The summed E-state index contributed by atoms with van der Waals surface area (Å²) in [6, 6.07) is 8.63. The molecule has 1 aromatic carbocycles. The predicted molar refractivity (Wildman–Crippen MR) is 116 cm³/mol. The maximum Gasteiger partial charge on any atom is 0.274 e. The number of aryl methyl sites for hydroxylation is 1. The third kappa shape index (κ3) is 5.43. The first-order chi connectivity index (χ1) is 14.7. The smallest absolute Gasteiger partial charge is 0.274 e. The van der Waals surface area contributed by atoms with Crippen LogP contribution in [0, 0.1) is 12.8 Å². The summed E-state index contributed by atoms with van der Waals surface area (Å²) in [7, 11) is 0. The van der Waals surface area contributed by atoms with E-state index in [0.29, 0.717) is 18.2 Å². The molecular weight excluding hydrogens is 376 g/mol. The van der Waals surface area contributed by atoms with Crippen LogP contribution >= 0.6 is 0 Å². The molecule has 0 spiro atoms. The lowest BCUT2D eigenvalue weighted by molar-refractivity contribution is 0.0440. The van der Waals surface area contributed by atoms with Gasteiger partial charge < -0.3 is 9.64 Å². The minimum absolute atomic E-state index is 0.0269. The molecule has 0 bridgehead atoms. The van der Waals surface area contributed by atoms with Gasteiger partial charge in [0.25, 0.3) is 5.91 Å². The fraction of sp³-hybridized carbons (Fsp3) is 0.542. The van der Waals surface area contributed by atoms with Crippen LogP contribution in [0.15, 0.2) is 42.9 Å². The lowest BCUT2D eigenvalue weighted by Crippen LogP contribution is -2.43. The fourth-order valence-electron chi connectivity index (χ4n) is 4.51. The Balaban J connectivity index is 1.35. The van der Waals surface area contributed by atoms with E-state index in [1.54, 1.807) is 18.6 Å². The molecule has 6 heteroatoms. The molecule has 4 rings (SSSR count). The van der Waals surface area contributed by atoms with Gasteiger partial charge in [-0.1, -0.05) is 24.3 Å². The van der Waals surface area contributed by atoms with Crippen molar-refractivity contribution in [3.63, 3.8) is 0 Å². The average molecular weight is 409 g/mol. The summed E-state index contributed by atoms with van der Waals surface area (Å²) in [5.41, 5.74) is 3.19. The van der Waals surface area contributed by atoms with Gasteiger partial charge in [0.05, 0.1) is 12.3 Å². The van der Waals surface area contributed by atoms with E-state index >= 15 is 0 Å². The molecule has 2 aliphatic heterocycles. The number of carbonyl (C=O) groups is 1. The SMILES string of the molecule is Cc1ccccc1CN1CCC(CN(C[C@@H]2CCCO2)C(=O)c2cnccn2)CC1. The second-order valence-corrected chi connectivity index (χ2v) is 8.58. The normalized spacial score (nSPS) is 20.4. The Labute approximate surface area is 179 Å². The molecule has 2 fully saturated rings. The van der Waals surface area contributed by atoms with Gasteiger partial charge in [-0.05, 0) is 62.7 Å². The van der Waals surface area contributed by atoms with Gasteiger partial charge in [-0.25, -0.2) is 4.98 Å². The number of amides is 1. The molecule has 0 aliphatic carbocycles. The standard InChI is InChI=1S/C24H32N4O2/c1-19-5-2-3-6-21(19)17-27-12-8-20(9-13-27)16-28(18-22-7-4-14-30-22)24(29)23-15-25-10-11-26-23/h2-3,5-6,10-11,15,20,22H,4,7-9,12-14,16-18H2,1H3/t22-/m0/s1. The highest BCUT2D eigenvalue weighted by atomic mass is 16.5. The van der Waals surface area contributed by atoms with Crippen molar-refractivity contribution in [3.05, 3.63) is 59.7 Å². The second-order valence-electron chi connectivity index (χ2n) is 8.58. The summed E-state index contributed by atoms with van der Waals surface area (Å²) in [6.07, 6.45) is 9.23. The quantitative estimate of drug-likeness (QED) is 0.703. The number of piperidine rings is 1. The van der Waals surface area contributed by atoms with Crippen molar-refractivity contribution in [1.82, 2.24) is 19.8 Å². The zero-order valence-electron chi connectivity index (χ0n) is 17.9. The van der Waals surface area contributed by atoms with Crippen molar-refractivity contribution in [2.75, 3.05) is 32.8 Å². The first-order valence-corrected chi connectivity index (χ1v) is 11.1. The van der Waals surface area contributed by atoms with Crippen LogP contribution < -0.4 is 0 Å². The molecule has 2 aromatic rings. The molecule has 2 aliphatic rings. The van der Waals surface area contributed by atoms with Crippen LogP contribution in [0.5, 0.6) is 0 Å². The molecule has 0 saturated carbocycles. The van der Waals surface area contributed by atoms with Crippen LogP contribution in [0.2, 0.25) is 0 Å². The number of hydrogen-bond donors (Lipinski definition) is 0. The first kappa shape index (κ1) is 20.9. The number of nitrogens with zero attached hydrogens (tertiary/aromatic N) is 4. The number of hydrogen-bond acceptors (Lipinski definition) is 5. The summed E-state index contributed by atoms with van der Waals surface area (Å²) in [6.45, 7) is 7.57. The maximum atomic E-state index is 13.1. The van der Waals surface area contributed by atoms with E-state index in [0.717, 1.165) is 58.5 Å². The van der Waals surface area contributed by atoms with Crippen LogP contribution in [0.1, 0.15) is 47.3 Å². The van der Waals surface area contributed by atoms with E-state index in [9.17, 15) is 4.79 Å². The van der Waals surface area contributed by atoms with E-state index in [1.165, 1.54) is 11.1 Å². The fourth-order valence-corrected chi connectivity index (χ4v) is 4.51. The molecule has 2 saturated heterocycles. The molecule has 1 aromatic heterocycles. The summed E-state index contributed by atoms with van der Waals surface area (Å²) in [4.78, 5) is 25.9. The lowest BCUT2D eigenvalue weighted by atomic mass is 9.95. The molecule has 0 radical (unpaired) electrons. The van der Waals surface area contributed by atoms with Gasteiger partial charge in [0.1, 0.15) is 5.69 Å².